The molecule has 0 radical (unpaired) electrons. The number of carbonyl (C=O) groups is 3. The van der Waals surface area contributed by atoms with Gasteiger partial charge in [0.25, 0.3) is 0 Å². The third-order valence-corrected chi connectivity index (χ3v) is 13.5. The highest BCUT2D eigenvalue weighted by Crippen LogP contribution is 2.15. The van der Waals surface area contributed by atoms with Gasteiger partial charge in [0, 0.05) is 19.3 Å². The number of rotatable bonds is 58. The lowest BCUT2D eigenvalue weighted by molar-refractivity contribution is -0.167. The molecule has 0 aliphatic heterocycles. The Morgan fingerprint density at radius 3 is 0.704 bits per heavy atom. The van der Waals surface area contributed by atoms with E-state index in [9.17, 15) is 14.4 Å². The second-order valence-corrected chi connectivity index (χ2v) is 21.2. The zero-order valence-electron chi connectivity index (χ0n) is 52.2. The Labute approximate surface area is 499 Å². The van der Waals surface area contributed by atoms with Crippen LogP contribution in [0.5, 0.6) is 0 Å². The number of carbonyl (C=O) groups excluding carboxylic acids is 3. The van der Waals surface area contributed by atoms with E-state index >= 15 is 0 Å². The minimum Gasteiger partial charge on any atom is -0.462 e. The van der Waals surface area contributed by atoms with Crippen LogP contribution in [-0.2, 0) is 28.6 Å². The van der Waals surface area contributed by atoms with E-state index in [1.54, 1.807) is 0 Å². The van der Waals surface area contributed by atoms with Crippen LogP contribution in [0.4, 0.5) is 0 Å². The maximum atomic E-state index is 12.9. The van der Waals surface area contributed by atoms with Crippen molar-refractivity contribution in [3.05, 3.63) is 158 Å². The number of hydrogen-bond donors (Lipinski definition) is 0. The molecule has 6 heteroatoms. The molecule has 0 N–H and O–H groups in total. The summed E-state index contributed by atoms with van der Waals surface area (Å²) in [5, 5.41) is 0. The van der Waals surface area contributed by atoms with Crippen LogP contribution in [0.3, 0.4) is 0 Å². The van der Waals surface area contributed by atoms with E-state index in [1.165, 1.54) is 77.0 Å². The van der Waals surface area contributed by atoms with Gasteiger partial charge in [-0.15, -0.1) is 0 Å². The fourth-order valence-electron chi connectivity index (χ4n) is 8.69. The molecule has 6 nitrogen and oxygen atoms in total. The normalized spacial score (nSPS) is 13.2. The van der Waals surface area contributed by atoms with Crippen molar-refractivity contribution >= 4 is 17.9 Å². The highest BCUT2D eigenvalue weighted by molar-refractivity contribution is 5.71. The Morgan fingerprint density at radius 1 is 0.247 bits per heavy atom. The Morgan fingerprint density at radius 2 is 0.444 bits per heavy atom. The average molecular weight is 1120 g/mol. The summed E-state index contributed by atoms with van der Waals surface area (Å²) < 4.78 is 16.9. The van der Waals surface area contributed by atoms with Gasteiger partial charge >= 0.3 is 17.9 Å². The maximum Gasteiger partial charge on any atom is 0.306 e. The first-order valence-electron chi connectivity index (χ1n) is 33.0. The van der Waals surface area contributed by atoms with E-state index in [2.05, 4.69) is 179 Å². The molecule has 0 aromatic carbocycles. The summed E-state index contributed by atoms with van der Waals surface area (Å²) in [6.07, 6.45) is 98.3. The van der Waals surface area contributed by atoms with Crippen LogP contribution in [-0.4, -0.2) is 37.2 Å². The summed E-state index contributed by atoms with van der Waals surface area (Å²) >= 11 is 0. The molecule has 0 bridgehead atoms. The molecule has 0 fully saturated rings. The molecule has 0 amide bonds. The van der Waals surface area contributed by atoms with E-state index in [1.807, 2.05) is 0 Å². The van der Waals surface area contributed by atoms with E-state index < -0.39 is 6.10 Å². The minimum atomic E-state index is -0.805. The standard InChI is InChI=1S/C75H120O6/c1-4-7-10-13-16-19-22-25-27-29-31-33-34-35-36-37-38-39-40-42-43-45-47-50-53-56-59-62-65-68-74(77)80-71-72(70-79-73(76)67-64-61-58-55-52-49-24-21-18-15-12-9-6-3)81-75(78)69-66-63-60-57-54-51-48-46-44-41-32-30-28-26-23-20-17-14-11-8-5-2/h7-12,16-21,25-28,31-33,35-36,38-39,41,49,52,72H,4-6,13-15,22-24,29-30,34,37,40,42-48,50-51,53-71H2,1-3H3/b10-7-,11-8-,12-9-,19-16-,20-17-,21-18-,27-25-,28-26-,33-31-,36-35-,39-38-,41-32-,52-49-. The second-order valence-electron chi connectivity index (χ2n) is 21.2. The molecule has 0 spiro atoms. The van der Waals surface area contributed by atoms with Gasteiger partial charge in [-0.05, 0) is 141 Å². The Kier molecular flexibility index (Phi) is 63.4. The van der Waals surface area contributed by atoms with Gasteiger partial charge in [-0.3, -0.25) is 14.4 Å². The third kappa shape index (κ3) is 65.7. The van der Waals surface area contributed by atoms with Crippen molar-refractivity contribution in [2.45, 2.75) is 284 Å². The van der Waals surface area contributed by atoms with E-state index in [0.717, 1.165) is 161 Å². The molecule has 0 saturated heterocycles. The van der Waals surface area contributed by atoms with Crippen LogP contribution >= 0.6 is 0 Å². The smallest absolute Gasteiger partial charge is 0.306 e. The molecule has 0 aliphatic carbocycles. The van der Waals surface area contributed by atoms with Crippen molar-refractivity contribution in [3.63, 3.8) is 0 Å². The molecular weight excluding hydrogens is 997 g/mol. The molecule has 0 heterocycles. The van der Waals surface area contributed by atoms with Crippen molar-refractivity contribution in [2.75, 3.05) is 13.2 Å². The summed E-state index contributed by atoms with van der Waals surface area (Å²) in [5.74, 6) is -0.942. The van der Waals surface area contributed by atoms with Crippen molar-refractivity contribution in [3.8, 4) is 0 Å². The summed E-state index contributed by atoms with van der Waals surface area (Å²) in [6.45, 7) is 6.27. The van der Waals surface area contributed by atoms with Crippen molar-refractivity contribution in [1.29, 1.82) is 0 Å². The summed E-state index contributed by atoms with van der Waals surface area (Å²) in [7, 11) is 0. The predicted octanol–water partition coefficient (Wildman–Crippen LogP) is 22.9. The fourth-order valence-corrected chi connectivity index (χ4v) is 8.69. The van der Waals surface area contributed by atoms with Crippen LogP contribution in [0.1, 0.15) is 278 Å². The monoisotopic (exact) mass is 1120 g/mol. The summed E-state index contributed by atoms with van der Waals surface area (Å²) in [6, 6.07) is 0. The lowest BCUT2D eigenvalue weighted by Crippen LogP contribution is -2.30. The quantitative estimate of drug-likeness (QED) is 0.0261. The fraction of sp³-hybridized carbons (Fsp3) is 0.613. The van der Waals surface area contributed by atoms with Gasteiger partial charge in [-0.25, -0.2) is 0 Å². The molecular formula is C75H120O6. The molecule has 1 atom stereocenters. The van der Waals surface area contributed by atoms with E-state index in [0.29, 0.717) is 19.3 Å². The average Bonchev–Trinajstić information content (AvgIpc) is 3.46. The number of unbranched alkanes of at least 4 members (excludes halogenated alkanes) is 21. The van der Waals surface area contributed by atoms with Crippen LogP contribution in [0.25, 0.3) is 0 Å². The molecule has 0 aromatic rings. The number of ether oxygens (including phenoxy) is 3. The number of allylic oxidation sites excluding steroid dienone is 26. The predicted molar refractivity (Wildman–Crippen MR) is 352 cm³/mol. The largest absolute Gasteiger partial charge is 0.462 e. The first-order valence-corrected chi connectivity index (χ1v) is 33.0. The van der Waals surface area contributed by atoms with Crippen molar-refractivity contribution < 1.29 is 28.6 Å². The van der Waals surface area contributed by atoms with Crippen LogP contribution in [0.2, 0.25) is 0 Å². The highest BCUT2D eigenvalue weighted by Gasteiger charge is 2.19. The molecule has 0 saturated carbocycles. The van der Waals surface area contributed by atoms with Crippen LogP contribution in [0, 0.1) is 0 Å². The molecule has 0 aliphatic rings. The molecule has 456 valence electrons. The molecule has 0 rings (SSSR count). The Hall–Kier alpha value is -4.97. The van der Waals surface area contributed by atoms with Gasteiger partial charge in [-0.2, -0.15) is 0 Å². The van der Waals surface area contributed by atoms with Crippen LogP contribution < -0.4 is 0 Å². The third-order valence-electron chi connectivity index (χ3n) is 13.5. The van der Waals surface area contributed by atoms with Gasteiger partial charge in [0.05, 0.1) is 0 Å². The number of esters is 3. The van der Waals surface area contributed by atoms with Gasteiger partial charge in [-0.1, -0.05) is 275 Å². The van der Waals surface area contributed by atoms with Crippen LogP contribution in [0.15, 0.2) is 158 Å². The molecule has 1 unspecified atom stereocenters. The highest BCUT2D eigenvalue weighted by atomic mass is 16.6. The Balaban J connectivity index is 4.36. The topological polar surface area (TPSA) is 78.9 Å². The SMILES string of the molecule is CC/C=C\C/C=C\C/C=C\C/C=C\C/C=C\C/C=C\CCCCCCCCCCCCC(=O)OCC(COC(=O)CCCCC/C=C\C/C=C\C/C=C\CC)OC(=O)CCCCCCCCCC/C=C\C/C=C\C/C=C\C/C=C\CC. The van der Waals surface area contributed by atoms with Gasteiger partial charge in [0.15, 0.2) is 6.10 Å². The van der Waals surface area contributed by atoms with Gasteiger partial charge in [0.1, 0.15) is 13.2 Å². The lowest BCUT2D eigenvalue weighted by Gasteiger charge is -2.18. The minimum absolute atomic E-state index is 0.0987. The zero-order valence-corrected chi connectivity index (χ0v) is 52.2. The van der Waals surface area contributed by atoms with Crippen molar-refractivity contribution in [1.82, 2.24) is 0 Å². The number of hydrogen-bond acceptors (Lipinski definition) is 6. The van der Waals surface area contributed by atoms with E-state index in [4.69, 9.17) is 14.2 Å². The lowest BCUT2D eigenvalue weighted by atomic mass is 10.1. The Bertz CT molecular complexity index is 1810. The van der Waals surface area contributed by atoms with E-state index in [-0.39, 0.29) is 31.1 Å². The first kappa shape index (κ1) is 76.0. The maximum absolute atomic E-state index is 12.9. The molecule has 0 aromatic heterocycles. The zero-order chi connectivity index (χ0) is 58.5. The van der Waals surface area contributed by atoms with Gasteiger partial charge in [0.2, 0.25) is 0 Å². The summed E-state index contributed by atoms with van der Waals surface area (Å²) in [4.78, 5) is 38.3. The summed E-state index contributed by atoms with van der Waals surface area (Å²) in [5.41, 5.74) is 0. The second kappa shape index (κ2) is 67.5. The first-order chi connectivity index (χ1) is 40.0. The van der Waals surface area contributed by atoms with Crippen molar-refractivity contribution in [2.24, 2.45) is 0 Å². The van der Waals surface area contributed by atoms with Gasteiger partial charge < -0.3 is 14.2 Å². The molecule has 81 heavy (non-hydrogen) atoms.